The van der Waals surface area contributed by atoms with Crippen LogP contribution in [0.25, 0.3) is 0 Å². The van der Waals surface area contributed by atoms with E-state index in [1.165, 1.54) is 57.8 Å². The minimum Gasteiger partial charge on any atom is -0.481 e. The van der Waals surface area contributed by atoms with Gasteiger partial charge in [-0.05, 0) is 44.9 Å². The topological polar surface area (TPSA) is 37.3 Å². The van der Waals surface area contributed by atoms with Gasteiger partial charge in [0, 0.05) is 6.42 Å². The largest absolute Gasteiger partial charge is 0.481 e. The minimum atomic E-state index is -0.744. The molecular formula is C22H36O2. The molecular weight excluding hydrogens is 296 g/mol. The Hall–Kier alpha value is -1.57. The smallest absolute Gasteiger partial charge is 0.303 e. The van der Waals surface area contributed by atoms with Crippen molar-refractivity contribution < 1.29 is 9.90 Å². The predicted octanol–water partition coefficient (Wildman–Crippen LogP) is 7.00. The summed E-state index contributed by atoms with van der Waals surface area (Å²) in [5.41, 5.74) is 0. The first-order valence-electron chi connectivity index (χ1n) is 9.62. The summed E-state index contributed by atoms with van der Waals surface area (Å²) < 4.78 is 0. The van der Waals surface area contributed by atoms with Gasteiger partial charge in [-0.3, -0.25) is 4.79 Å². The van der Waals surface area contributed by atoms with Gasteiger partial charge in [0.05, 0.1) is 0 Å². The van der Waals surface area contributed by atoms with Gasteiger partial charge in [-0.15, -0.1) is 0 Å². The zero-order chi connectivity index (χ0) is 17.7. The summed E-state index contributed by atoms with van der Waals surface area (Å²) in [4.78, 5) is 10.3. The molecule has 0 atom stereocenters. The van der Waals surface area contributed by atoms with Crippen LogP contribution < -0.4 is 0 Å². The van der Waals surface area contributed by atoms with Crippen LogP contribution in [0.3, 0.4) is 0 Å². The quantitative estimate of drug-likeness (QED) is 0.188. The number of carboxylic acids is 1. The molecule has 0 spiro atoms. The van der Waals surface area contributed by atoms with Crippen molar-refractivity contribution >= 4 is 5.97 Å². The van der Waals surface area contributed by atoms with Crippen LogP contribution in [0.1, 0.15) is 84.0 Å². The first-order chi connectivity index (χ1) is 11.8. The maximum absolute atomic E-state index is 10.3. The third kappa shape index (κ3) is 20.4. The lowest BCUT2D eigenvalue weighted by molar-refractivity contribution is -0.136. The van der Waals surface area contributed by atoms with E-state index >= 15 is 0 Å². The second-order valence-electron chi connectivity index (χ2n) is 6.13. The highest BCUT2D eigenvalue weighted by Crippen LogP contribution is 2.07. The minimum absolute atomic E-state index is 0.203. The van der Waals surface area contributed by atoms with Crippen molar-refractivity contribution in [3.63, 3.8) is 0 Å². The molecule has 0 amide bonds. The van der Waals surface area contributed by atoms with Gasteiger partial charge >= 0.3 is 5.97 Å². The summed E-state index contributed by atoms with van der Waals surface area (Å²) >= 11 is 0. The fourth-order valence-corrected chi connectivity index (χ4v) is 2.31. The predicted molar refractivity (Wildman–Crippen MR) is 105 cm³/mol. The van der Waals surface area contributed by atoms with Crippen molar-refractivity contribution in [3.05, 3.63) is 48.6 Å². The molecule has 0 heterocycles. The van der Waals surface area contributed by atoms with Crippen LogP contribution in [0, 0.1) is 0 Å². The van der Waals surface area contributed by atoms with Crippen LogP contribution >= 0.6 is 0 Å². The lowest BCUT2D eigenvalue weighted by Crippen LogP contribution is -1.91. The summed E-state index contributed by atoms with van der Waals surface area (Å²) in [6.07, 6.45) is 30.4. The first-order valence-corrected chi connectivity index (χ1v) is 9.62. The third-order valence-electron chi connectivity index (χ3n) is 3.76. The molecule has 0 aliphatic rings. The summed E-state index contributed by atoms with van der Waals surface area (Å²) in [6.45, 7) is 2.25. The Morgan fingerprint density at radius 2 is 1.17 bits per heavy atom. The summed E-state index contributed by atoms with van der Waals surface area (Å²) in [6, 6.07) is 0. The molecule has 0 aliphatic heterocycles. The second-order valence-corrected chi connectivity index (χ2v) is 6.13. The van der Waals surface area contributed by atoms with Gasteiger partial charge < -0.3 is 5.11 Å². The molecule has 0 bridgehead atoms. The zero-order valence-corrected chi connectivity index (χ0v) is 15.5. The van der Waals surface area contributed by atoms with Gasteiger partial charge in [-0.2, -0.15) is 0 Å². The van der Waals surface area contributed by atoms with Crippen molar-refractivity contribution in [1.82, 2.24) is 0 Å². The zero-order valence-electron chi connectivity index (χ0n) is 15.5. The first kappa shape index (κ1) is 22.4. The van der Waals surface area contributed by atoms with Crippen LogP contribution in [0.2, 0.25) is 0 Å². The van der Waals surface area contributed by atoms with E-state index in [9.17, 15) is 4.79 Å². The fraction of sp³-hybridized carbons (Fsp3) is 0.591. The van der Waals surface area contributed by atoms with Gasteiger partial charge in [0.25, 0.3) is 0 Å². The number of carbonyl (C=O) groups is 1. The molecule has 0 saturated heterocycles. The number of hydrogen-bond donors (Lipinski definition) is 1. The second kappa shape index (κ2) is 19.5. The van der Waals surface area contributed by atoms with Crippen molar-refractivity contribution in [1.29, 1.82) is 0 Å². The van der Waals surface area contributed by atoms with Crippen molar-refractivity contribution in [2.45, 2.75) is 84.0 Å². The van der Waals surface area contributed by atoms with E-state index in [0.29, 0.717) is 6.42 Å². The molecule has 0 saturated carbocycles. The van der Waals surface area contributed by atoms with Crippen LogP contribution in [0.5, 0.6) is 0 Å². The van der Waals surface area contributed by atoms with Crippen LogP contribution in [0.15, 0.2) is 48.6 Å². The fourth-order valence-electron chi connectivity index (χ4n) is 2.31. The van der Waals surface area contributed by atoms with Gasteiger partial charge in [-0.1, -0.05) is 81.2 Å². The third-order valence-corrected chi connectivity index (χ3v) is 3.76. The summed E-state index contributed by atoms with van der Waals surface area (Å²) in [7, 11) is 0. The number of carboxylic acid groups (broad SMARTS) is 1. The molecule has 1 N–H and O–H groups in total. The van der Waals surface area contributed by atoms with Crippen molar-refractivity contribution in [2.75, 3.05) is 0 Å². The lowest BCUT2D eigenvalue weighted by Gasteiger charge is -1.97. The van der Waals surface area contributed by atoms with E-state index in [0.717, 1.165) is 6.42 Å². The van der Waals surface area contributed by atoms with Gasteiger partial charge in [0.15, 0.2) is 0 Å². The molecule has 136 valence electrons. The molecule has 0 aromatic rings. The molecule has 0 aromatic heterocycles. The molecule has 2 heteroatoms. The number of hydrogen-bond acceptors (Lipinski definition) is 1. The Labute approximate surface area is 149 Å². The lowest BCUT2D eigenvalue weighted by atomic mass is 10.1. The summed E-state index contributed by atoms with van der Waals surface area (Å²) in [5.74, 6) is -0.744. The highest BCUT2D eigenvalue weighted by molar-refractivity contribution is 5.66. The van der Waals surface area contributed by atoms with E-state index in [-0.39, 0.29) is 6.42 Å². The van der Waals surface area contributed by atoms with Gasteiger partial charge in [-0.25, -0.2) is 0 Å². The van der Waals surface area contributed by atoms with E-state index in [1.54, 1.807) is 0 Å². The molecule has 0 aromatic carbocycles. The van der Waals surface area contributed by atoms with E-state index in [2.05, 4.69) is 31.2 Å². The standard InChI is InChI=1S/C22H36O2/c1-2-3-4-5-6-7-8-9-10-11-12-13-14-15-16-17-18-19-20-21-22(23)24/h6-7,14-19H,2-5,8-13,20-21H2,1H3,(H,23,24)/b7-6+,15-14+,17-16+,19-18+. The maximum atomic E-state index is 10.3. The van der Waals surface area contributed by atoms with E-state index < -0.39 is 5.97 Å². The Morgan fingerprint density at radius 1 is 0.667 bits per heavy atom. The normalized spacial score (nSPS) is 12.4. The van der Waals surface area contributed by atoms with Crippen LogP contribution in [-0.4, -0.2) is 11.1 Å². The number of rotatable bonds is 16. The Kier molecular flexibility index (Phi) is 18.2. The van der Waals surface area contributed by atoms with Crippen molar-refractivity contribution in [2.24, 2.45) is 0 Å². The Balaban J connectivity index is 3.33. The Morgan fingerprint density at radius 3 is 1.71 bits per heavy atom. The van der Waals surface area contributed by atoms with E-state index in [1.807, 2.05) is 24.3 Å². The number of unbranched alkanes of at least 4 members (excludes halogenated alkanes) is 8. The average Bonchev–Trinajstić information content (AvgIpc) is 2.56. The van der Waals surface area contributed by atoms with Gasteiger partial charge in [0.2, 0.25) is 0 Å². The monoisotopic (exact) mass is 332 g/mol. The average molecular weight is 333 g/mol. The molecule has 24 heavy (non-hydrogen) atoms. The SMILES string of the molecule is CCCCC/C=C/CCCCCC/C=C/C=C/C=C/CCC(=O)O. The number of aliphatic carboxylic acids is 1. The molecule has 2 nitrogen and oxygen atoms in total. The molecule has 0 fully saturated rings. The van der Waals surface area contributed by atoms with Crippen molar-refractivity contribution in [3.8, 4) is 0 Å². The molecule has 0 radical (unpaired) electrons. The van der Waals surface area contributed by atoms with Crippen LogP contribution in [0.4, 0.5) is 0 Å². The number of allylic oxidation sites excluding steroid dienone is 8. The summed E-state index contributed by atoms with van der Waals surface area (Å²) in [5, 5.41) is 8.49. The Bertz CT molecular complexity index is 389. The molecule has 0 aliphatic carbocycles. The highest BCUT2D eigenvalue weighted by atomic mass is 16.4. The highest BCUT2D eigenvalue weighted by Gasteiger charge is 1.90. The van der Waals surface area contributed by atoms with Crippen LogP contribution in [-0.2, 0) is 4.79 Å². The maximum Gasteiger partial charge on any atom is 0.303 e. The van der Waals surface area contributed by atoms with Gasteiger partial charge in [0.1, 0.15) is 0 Å². The van der Waals surface area contributed by atoms with E-state index in [4.69, 9.17) is 5.11 Å². The molecule has 0 unspecified atom stereocenters. The molecule has 0 rings (SSSR count).